The van der Waals surface area contributed by atoms with Crippen LogP contribution in [0.25, 0.3) is 0 Å². The minimum atomic E-state index is -0.542. The standard InChI is InChI=1S/C13H10BrNO4S/c1-8-5-6-12(20-8)11(16)7-19-13-9(14)3-2-4-10(13)15(17)18/h2-6H,7H2,1H3. The molecule has 1 aromatic heterocycles. The lowest BCUT2D eigenvalue weighted by atomic mass is 10.3. The van der Waals surface area contributed by atoms with Crippen molar-refractivity contribution in [3.63, 3.8) is 0 Å². The van der Waals surface area contributed by atoms with Crippen LogP contribution in [0.2, 0.25) is 0 Å². The molecule has 0 N–H and O–H groups in total. The monoisotopic (exact) mass is 355 g/mol. The Morgan fingerprint density at radius 3 is 2.75 bits per heavy atom. The number of carbonyl (C=O) groups is 1. The molecule has 104 valence electrons. The summed E-state index contributed by atoms with van der Waals surface area (Å²) in [6.07, 6.45) is 0. The number of para-hydroxylation sites is 1. The number of ether oxygens (including phenoxy) is 1. The van der Waals surface area contributed by atoms with Crippen LogP contribution in [-0.2, 0) is 0 Å². The van der Waals surface area contributed by atoms with E-state index in [0.29, 0.717) is 9.35 Å². The average molecular weight is 356 g/mol. The Hall–Kier alpha value is -1.73. The van der Waals surface area contributed by atoms with Crippen molar-refractivity contribution in [2.75, 3.05) is 6.61 Å². The Labute approximate surface area is 127 Å². The van der Waals surface area contributed by atoms with Crippen molar-refractivity contribution in [1.82, 2.24) is 0 Å². The second-order valence-corrected chi connectivity index (χ2v) is 6.11. The SMILES string of the molecule is Cc1ccc(C(=O)COc2c(Br)cccc2[N+](=O)[O-])s1. The van der Waals surface area contributed by atoms with Gasteiger partial charge in [0.25, 0.3) is 0 Å². The fourth-order valence-electron chi connectivity index (χ4n) is 1.58. The maximum absolute atomic E-state index is 11.9. The molecule has 7 heteroatoms. The van der Waals surface area contributed by atoms with Crippen LogP contribution in [0, 0.1) is 17.0 Å². The topological polar surface area (TPSA) is 69.4 Å². The van der Waals surface area contributed by atoms with E-state index in [1.807, 2.05) is 13.0 Å². The zero-order chi connectivity index (χ0) is 14.7. The first-order chi connectivity index (χ1) is 9.49. The van der Waals surface area contributed by atoms with Gasteiger partial charge in [-0.15, -0.1) is 11.3 Å². The molecule has 0 unspecified atom stereocenters. The van der Waals surface area contributed by atoms with Gasteiger partial charge in [-0.3, -0.25) is 14.9 Å². The minimum absolute atomic E-state index is 0.0686. The summed E-state index contributed by atoms with van der Waals surface area (Å²) in [4.78, 5) is 23.9. The number of thiophene rings is 1. The molecule has 1 aromatic carbocycles. The molecule has 0 amide bonds. The molecule has 5 nitrogen and oxygen atoms in total. The Balaban J connectivity index is 2.15. The van der Waals surface area contributed by atoms with E-state index in [9.17, 15) is 14.9 Å². The first kappa shape index (κ1) is 14.7. The molecule has 0 radical (unpaired) electrons. The molecule has 0 saturated heterocycles. The lowest BCUT2D eigenvalue weighted by Crippen LogP contribution is -2.11. The Bertz CT molecular complexity index is 668. The summed E-state index contributed by atoms with van der Waals surface area (Å²) in [5, 5.41) is 10.9. The third-order valence-corrected chi connectivity index (χ3v) is 4.17. The molecule has 20 heavy (non-hydrogen) atoms. The van der Waals surface area contributed by atoms with Gasteiger partial charge in [-0.2, -0.15) is 0 Å². The van der Waals surface area contributed by atoms with Crippen LogP contribution >= 0.6 is 27.3 Å². The number of aryl methyl sites for hydroxylation is 1. The molecule has 0 aliphatic heterocycles. The zero-order valence-corrected chi connectivity index (χ0v) is 12.9. The predicted octanol–water partition coefficient (Wildman–Crippen LogP) is 3.99. The predicted molar refractivity (Wildman–Crippen MR) is 79.7 cm³/mol. The maximum atomic E-state index is 11.9. The molecular weight excluding hydrogens is 346 g/mol. The normalized spacial score (nSPS) is 10.3. The van der Waals surface area contributed by atoms with Gasteiger partial charge in [0.2, 0.25) is 11.5 Å². The number of carbonyl (C=O) groups excluding carboxylic acids is 1. The maximum Gasteiger partial charge on any atom is 0.312 e. The van der Waals surface area contributed by atoms with E-state index in [1.165, 1.54) is 17.4 Å². The second-order valence-electron chi connectivity index (χ2n) is 3.97. The number of rotatable bonds is 5. The van der Waals surface area contributed by atoms with Gasteiger partial charge in [0.15, 0.2) is 6.61 Å². The zero-order valence-electron chi connectivity index (χ0n) is 10.5. The number of ketones is 1. The average Bonchev–Trinajstić information content (AvgIpc) is 2.83. The molecule has 2 aromatic rings. The van der Waals surface area contributed by atoms with Crippen LogP contribution in [0.4, 0.5) is 5.69 Å². The van der Waals surface area contributed by atoms with E-state index in [1.54, 1.807) is 18.2 Å². The lowest BCUT2D eigenvalue weighted by molar-refractivity contribution is -0.385. The third kappa shape index (κ3) is 3.23. The largest absolute Gasteiger partial charge is 0.478 e. The number of nitro benzene ring substituents is 1. The molecule has 2 rings (SSSR count). The molecule has 1 heterocycles. The summed E-state index contributed by atoms with van der Waals surface area (Å²) in [6, 6.07) is 8.07. The van der Waals surface area contributed by atoms with Crippen LogP contribution in [0.5, 0.6) is 5.75 Å². The van der Waals surface area contributed by atoms with Gasteiger partial charge >= 0.3 is 5.69 Å². The van der Waals surface area contributed by atoms with Gasteiger partial charge in [0.1, 0.15) is 0 Å². The Kier molecular flexibility index (Phi) is 4.51. The van der Waals surface area contributed by atoms with Gasteiger partial charge in [-0.1, -0.05) is 6.07 Å². The highest BCUT2D eigenvalue weighted by Gasteiger charge is 2.19. The minimum Gasteiger partial charge on any atom is -0.478 e. The van der Waals surface area contributed by atoms with E-state index in [2.05, 4.69) is 15.9 Å². The van der Waals surface area contributed by atoms with Crippen LogP contribution in [0.3, 0.4) is 0 Å². The number of nitrogens with zero attached hydrogens (tertiary/aromatic N) is 1. The van der Waals surface area contributed by atoms with Crippen molar-refractivity contribution in [3.05, 3.63) is 54.7 Å². The van der Waals surface area contributed by atoms with E-state index in [4.69, 9.17) is 4.74 Å². The number of Topliss-reactive ketones (excluding diaryl/α,β-unsaturated/α-hetero) is 1. The summed E-state index contributed by atoms with van der Waals surface area (Å²) < 4.78 is 5.77. The first-order valence-electron chi connectivity index (χ1n) is 5.64. The van der Waals surface area contributed by atoms with Gasteiger partial charge in [0, 0.05) is 10.9 Å². The highest BCUT2D eigenvalue weighted by atomic mass is 79.9. The van der Waals surface area contributed by atoms with Gasteiger partial charge < -0.3 is 4.74 Å². The highest BCUT2D eigenvalue weighted by molar-refractivity contribution is 9.10. The summed E-state index contributed by atoms with van der Waals surface area (Å²) in [5.74, 6) is -0.132. The number of halogens is 1. The van der Waals surface area contributed by atoms with Crippen molar-refractivity contribution in [1.29, 1.82) is 0 Å². The van der Waals surface area contributed by atoms with Crippen LogP contribution in [0.15, 0.2) is 34.8 Å². The molecule has 0 atom stereocenters. The summed E-state index contributed by atoms with van der Waals surface area (Å²) in [7, 11) is 0. The van der Waals surface area contributed by atoms with E-state index in [0.717, 1.165) is 4.88 Å². The lowest BCUT2D eigenvalue weighted by Gasteiger charge is -2.07. The molecule has 0 bridgehead atoms. The summed E-state index contributed by atoms with van der Waals surface area (Å²) >= 11 is 4.56. The van der Waals surface area contributed by atoms with E-state index >= 15 is 0 Å². The number of hydrogen-bond acceptors (Lipinski definition) is 5. The molecule has 0 saturated carbocycles. The Morgan fingerprint density at radius 2 is 2.15 bits per heavy atom. The quantitative estimate of drug-likeness (QED) is 0.461. The number of nitro groups is 1. The fourth-order valence-corrected chi connectivity index (χ4v) is 2.84. The van der Waals surface area contributed by atoms with Gasteiger partial charge in [0.05, 0.1) is 14.3 Å². The summed E-state index contributed by atoms with van der Waals surface area (Å²) in [6.45, 7) is 1.67. The van der Waals surface area contributed by atoms with Crippen LogP contribution in [0.1, 0.15) is 14.5 Å². The molecule has 0 aliphatic carbocycles. The second kappa shape index (κ2) is 6.15. The fraction of sp³-hybridized carbons (Fsp3) is 0.154. The van der Waals surface area contributed by atoms with Crippen molar-refractivity contribution in [2.24, 2.45) is 0 Å². The van der Waals surface area contributed by atoms with Crippen molar-refractivity contribution < 1.29 is 14.5 Å². The highest BCUT2D eigenvalue weighted by Crippen LogP contribution is 2.34. The number of hydrogen-bond donors (Lipinski definition) is 0. The third-order valence-electron chi connectivity index (χ3n) is 2.51. The van der Waals surface area contributed by atoms with E-state index < -0.39 is 4.92 Å². The van der Waals surface area contributed by atoms with Gasteiger partial charge in [-0.05, 0) is 41.1 Å². The van der Waals surface area contributed by atoms with Gasteiger partial charge in [-0.25, -0.2) is 0 Å². The van der Waals surface area contributed by atoms with Crippen LogP contribution in [-0.4, -0.2) is 17.3 Å². The Morgan fingerprint density at radius 1 is 1.40 bits per heavy atom. The van der Waals surface area contributed by atoms with Crippen LogP contribution < -0.4 is 4.74 Å². The van der Waals surface area contributed by atoms with Crippen molar-refractivity contribution in [3.8, 4) is 5.75 Å². The first-order valence-corrected chi connectivity index (χ1v) is 7.25. The molecule has 0 fully saturated rings. The van der Waals surface area contributed by atoms with Crippen molar-refractivity contribution >= 4 is 38.7 Å². The smallest absolute Gasteiger partial charge is 0.312 e. The number of benzene rings is 1. The van der Waals surface area contributed by atoms with E-state index in [-0.39, 0.29) is 23.8 Å². The van der Waals surface area contributed by atoms with Crippen molar-refractivity contribution in [2.45, 2.75) is 6.92 Å². The molecule has 0 spiro atoms. The molecular formula is C13H10BrNO4S. The molecule has 0 aliphatic rings. The summed E-state index contributed by atoms with van der Waals surface area (Å²) in [5.41, 5.74) is -0.172.